The highest BCUT2D eigenvalue weighted by molar-refractivity contribution is 5.92. The number of carbonyl (C=O) groups is 1. The van der Waals surface area contributed by atoms with Gasteiger partial charge in [-0.2, -0.15) is 5.10 Å². The van der Waals surface area contributed by atoms with Crippen LogP contribution in [0.2, 0.25) is 0 Å². The van der Waals surface area contributed by atoms with Crippen molar-refractivity contribution in [2.45, 2.75) is 19.9 Å². The SMILES string of the molecule is Cc1cc(=O)c(C(=O)NC(C)c2nc3ccccc3[nH]2)nn1-c1ccccc1. The van der Waals surface area contributed by atoms with Crippen LogP contribution in [0.15, 0.2) is 65.5 Å². The summed E-state index contributed by atoms with van der Waals surface area (Å²) in [7, 11) is 0. The molecule has 0 radical (unpaired) electrons. The smallest absolute Gasteiger partial charge is 0.276 e. The summed E-state index contributed by atoms with van der Waals surface area (Å²) in [4.78, 5) is 32.8. The largest absolute Gasteiger partial charge is 0.341 e. The van der Waals surface area contributed by atoms with Crippen LogP contribution in [0.4, 0.5) is 0 Å². The first kappa shape index (κ1) is 17.7. The molecule has 0 aliphatic heterocycles. The number of H-pyrrole nitrogens is 1. The molecule has 7 heteroatoms. The molecule has 2 N–H and O–H groups in total. The van der Waals surface area contributed by atoms with E-state index in [4.69, 9.17) is 0 Å². The van der Waals surface area contributed by atoms with Gasteiger partial charge < -0.3 is 10.3 Å². The van der Waals surface area contributed by atoms with Crippen LogP contribution in [0.1, 0.15) is 35.0 Å². The van der Waals surface area contributed by atoms with E-state index in [2.05, 4.69) is 20.4 Å². The van der Waals surface area contributed by atoms with Gasteiger partial charge in [-0.1, -0.05) is 30.3 Å². The van der Waals surface area contributed by atoms with E-state index in [0.717, 1.165) is 16.7 Å². The minimum atomic E-state index is -0.539. The van der Waals surface area contributed by atoms with E-state index in [1.54, 1.807) is 18.5 Å². The molecule has 0 fully saturated rings. The van der Waals surface area contributed by atoms with Gasteiger partial charge in [-0.05, 0) is 38.1 Å². The van der Waals surface area contributed by atoms with E-state index in [0.29, 0.717) is 11.5 Å². The first-order valence-corrected chi connectivity index (χ1v) is 8.95. The molecule has 2 heterocycles. The highest BCUT2D eigenvalue weighted by Crippen LogP contribution is 2.16. The molecule has 7 nitrogen and oxygen atoms in total. The number of hydrogen-bond donors (Lipinski definition) is 2. The number of aromatic nitrogens is 4. The van der Waals surface area contributed by atoms with E-state index in [1.165, 1.54) is 6.07 Å². The van der Waals surface area contributed by atoms with Gasteiger partial charge in [0, 0.05) is 11.8 Å². The lowest BCUT2D eigenvalue weighted by atomic mass is 10.2. The Morgan fingerprint density at radius 3 is 2.57 bits per heavy atom. The van der Waals surface area contributed by atoms with Crippen molar-refractivity contribution >= 4 is 16.9 Å². The van der Waals surface area contributed by atoms with Crippen molar-refractivity contribution in [2.24, 2.45) is 0 Å². The number of nitrogens with one attached hydrogen (secondary N) is 2. The molecule has 1 amide bonds. The van der Waals surface area contributed by atoms with Gasteiger partial charge >= 0.3 is 0 Å². The van der Waals surface area contributed by atoms with Gasteiger partial charge in [0.1, 0.15) is 5.82 Å². The van der Waals surface area contributed by atoms with E-state index >= 15 is 0 Å². The molecule has 0 spiro atoms. The summed E-state index contributed by atoms with van der Waals surface area (Å²) in [6.45, 7) is 3.58. The summed E-state index contributed by atoms with van der Waals surface area (Å²) in [6, 6.07) is 18.0. The second kappa shape index (κ2) is 7.11. The predicted octanol–water partition coefficient (Wildman–Crippen LogP) is 2.91. The summed E-state index contributed by atoms with van der Waals surface area (Å²) >= 11 is 0. The van der Waals surface area contributed by atoms with E-state index in [1.807, 2.05) is 54.6 Å². The number of hydrogen-bond acceptors (Lipinski definition) is 4. The van der Waals surface area contributed by atoms with Crippen LogP contribution in [0.3, 0.4) is 0 Å². The molecular formula is C21H19N5O2. The number of benzene rings is 2. The van der Waals surface area contributed by atoms with Crippen molar-refractivity contribution in [1.82, 2.24) is 25.1 Å². The summed E-state index contributed by atoms with van der Waals surface area (Å²) in [5.41, 5.74) is 2.56. The van der Waals surface area contributed by atoms with Gasteiger partial charge in [-0.3, -0.25) is 9.59 Å². The highest BCUT2D eigenvalue weighted by atomic mass is 16.2. The normalized spacial score (nSPS) is 12.1. The molecular weight excluding hydrogens is 354 g/mol. The zero-order chi connectivity index (χ0) is 19.7. The van der Waals surface area contributed by atoms with Crippen LogP contribution in [-0.4, -0.2) is 25.7 Å². The number of para-hydroxylation sites is 3. The van der Waals surface area contributed by atoms with Crippen molar-refractivity contribution in [1.29, 1.82) is 0 Å². The molecule has 140 valence electrons. The molecule has 0 saturated heterocycles. The number of aryl methyl sites for hydroxylation is 1. The highest BCUT2D eigenvalue weighted by Gasteiger charge is 2.19. The van der Waals surface area contributed by atoms with Crippen LogP contribution in [-0.2, 0) is 0 Å². The molecule has 0 bridgehead atoms. The zero-order valence-corrected chi connectivity index (χ0v) is 15.5. The Labute approximate surface area is 161 Å². The zero-order valence-electron chi connectivity index (χ0n) is 15.5. The molecule has 0 saturated carbocycles. The lowest BCUT2D eigenvalue weighted by Crippen LogP contribution is -2.34. The van der Waals surface area contributed by atoms with Crippen molar-refractivity contribution in [3.8, 4) is 5.69 Å². The van der Waals surface area contributed by atoms with E-state index < -0.39 is 17.4 Å². The Hall–Kier alpha value is -3.74. The lowest BCUT2D eigenvalue weighted by molar-refractivity contribution is 0.0930. The third kappa shape index (κ3) is 3.29. The Morgan fingerprint density at radius 2 is 1.82 bits per heavy atom. The van der Waals surface area contributed by atoms with E-state index in [-0.39, 0.29) is 5.69 Å². The fourth-order valence-corrected chi connectivity index (χ4v) is 3.05. The van der Waals surface area contributed by atoms with Crippen LogP contribution in [0, 0.1) is 6.92 Å². The number of imidazole rings is 1. The quantitative estimate of drug-likeness (QED) is 0.575. The fraction of sp³-hybridized carbons (Fsp3) is 0.143. The third-order valence-corrected chi connectivity index (χ3v) is 4.49. The molecule has 4 aromatic rings. The van der Waals surface area contributed by atoms with Crippen LogP contribution >= 0.6 is 0 Å². The summed E-state index contributed by atoms with van der Waals surface area (Å²) in [5, 5.41) is 7.10. The Morgan fingerprint density at radius 1 is 1.11 bits per heavy atom. The topological polar surface area (TPSA) is 92.7 Å². The predicted molar refractivity (Wildman–Crippen MR) is 107 cm³/mol. The fourth-order valence-electron chi connectivity index (χ4n) is 3.05. The number of nitrogens with zero attached hydrogens (tertiary/aromatic N) is 3. The van der Waals surface area contributed by atoms with E-state index in [9.17, 15) is 9.59 Å². The van der Waals surface area contributed by atoms with Gasteiger partial charge in [0.25, 0.3) is 5.91 Å². The summed E-state index contributed by atoms with van der Waals surface area (Å²) in [5.74, 6) is 0.0766. The summed E-state index contributed by atoms with van der Waals surface area (Å²) in [6.07, 6.45) is 0. The molecule has 1 atom stereocenters. The molecule has 0 aliphatic carbocycles. The average molecular weight is 373 g/mol. The minimum Gasteiger partial charge on any atom is -0.341 e. The molecule has 28 heavy (non-hydrogen) atoms. The average Bonchev–Trinajstić information content (AvgIpc) is 3.13. The van der Waals surface area contributed by atoms with Gasteiger partial charge in [-0.25, -0.2) is 9.67 Å². The maximum absolute atomic E-state index is 12.7. The standard InChI is InChI=1S/C21H19N5O2/c1-13-12-18(27)19(25-26(13)15-8-4-3-5-9-15)21(28)22-14(2)20-23-16-10-6-7-11-17(16)24-20/h3-12,14H,1-2H3,(H,22,28)(H,23,24). The molecule has 1 unspecified atom stereocenters. The third-order valence-electron chi connectivity index (χ3n) is 4.49. The molecule has 4 rings (SSSR count). The number of amides is 1. The van der Waals surface area contributed by atoms with Crippen molar-refractivity contribution in [3.63, 3.8) is 0 Å². The Balaban J connectivity index is 1.63. The molecule has 0 aliphatic rings. The van der Waals surface area contributed by atoms with Crippen LogP contribution in [0.5, 0.6) is 0 Å². The van der Waals surface area contributed by atoms with Crippen molar-refractivity contribution < 1.29 is 4.79 Å². The van der Waals surface area contributed by atoms with Crippen LogP contribution < -0.4 is 10.7 Å². The summed E-state index contributed by atoms with van der Waals surface area (Å²) < 4.78 is 1.59. The van der Waals surface area contributed by atoms with Gasteiger partial charge in [0.05, 0.1) is 22.8 Å². The minimum absolute atomic E-state index is 0.155. The Bertz CT molecular complexity index is 1180. The van der Waals surface area contributed by atoms with Crippen LogP contribution in [0.25, 0.3) is 16.7 Å². The maximum atomic E-state index is 12.7. The van der Waals surface area contributed by atoms with Crippen molar-refractivity contribution in [2.75, 3.05) is 0 Å². The van der Waals surface area contributed by atoms with Crippen molar-refractivity contribution in [3.05, 3.63) is 88.1 Å². The lowest BCUT2D eigenvalue weighted by Gasteiger charge is -2.13. The first-order valence-electron chi connectivity index (χ1n) is 8.95. The van der Waals surface area contributed by atoms with Gasteiger partial charge in [0.15, 0.2) is 5.69 Å². The molecule has 2 aromatic carbocycles. The first-order chi connectivity index (χ1) is 13.5. The number of rotatable bonds is 4. The van der Waals surface area contributed by atoms with Gasteiger partial charge in [-0.15, -0.1) is 0 Å². The monoisotopic (exact) mass is 373 g/mol. The maximum Gasteiger partial charge on any atom is 0.276 e. The Kier molecular flexibility index (Phi) is 4.49. The second-order valence-electron chi connectivity index (χ2n) is 6.58. The van der Waals surface area contributed by atoms with Gasteiger partial charge in [0.2, 0.25) is 5.43 Å². The second-order valence-corrected chi connectivity index (χ2v) is 6.58. The number of carbonyl (C=O) groups excluding carboxylic acids is 1. The number of aromatic amines is 1. The molecule has 2 aromatic heterocycles. The number of fused-ring (bicyclic) bond motifs is 1.